The summed E-state index contributed by atoms with van der Waals surface area (Å²) in [6, 6.07) is 12.1. The lowest BCUT2D eigenvalue weighted by atomic mass is 10.2. The second kappa shape index (κ2) is 4.78. The Morgan fingerprint density at radius 2 is 1.72 bits per heavy atom. The van der Waals surface area contributed by atoms with E-state index < -0.39 is 15.7 Å². The molecule has 94 valence electrons. The van der Waals surface area contributed by atoms with Crippen molar-refractivity contribution in [3.8, 4) is 0 Å². The third kappa shape index (κ3) is 2.68. The molecule has 2 aromatic carbocycles. The van der Waals surface area contributed by atoms with Crippen LogP contribution in [0.4, 0.5) is 10.1 Å². The Labute approximate surface area is 105 Å². The maximum atomic E-state index is 12.9. The topological polar surface area (TPSA) is 60.2 Å². The number of nitrogens with two attached hydrogens (primary N) is 1. The molecule has 0 saturated carbocycles. The van der Waals surface area contributed by atoms with Crippen LogP contribution < -0.4 is 5.73 Å². The van der Waals surface area contributed by atoms with Crippen molar-refractivity contribution in [2.24, 2.45) is 0 Å². The summed E-state index contributed by atoms with van der Waals surface area (Å²) in [5.41, 5.74) is 6.15. The maximum absolute atomic E-state index is 12.9. The average Bonchev–Trinajstić information content (AvgIpc) is 2.29. The first-order valence-corrected chi connectivity index (χ1v) is 6.96. The van der Waals surface area contributed by atoms with Gasteiger partial charge < -0.3 is 5.73 Å². The van der Waals surface area contributed by atoms with Gasteiger partial charge in [0.05, 0.1) is 16.3 Å². The molecule has 0 atom stereocenters. The minimum Gasteiger partial charge on any atom is -0.398 e. The van der Waals surface area contributed by atoms with Crippen molar-refractivity contribution in [1.82, 2.24) is 0 Å². The van der Waals surface area contributed by atoms with Crippen molar-refractivity contribution < 1.29 is 12.8 Å². The molecule has 5 heteroatoms. The first-order valence-electron chi connectivity index (χ1n) is 5.31. The Balaban J connectivity index is 2.37. The Morgan fingerprint density at radius 1 is 1.06 bits per heavy atom. The molecule has 0 heterocycles. The van der Waals surface area contributed by atoms with E-state index in [2.05, 4.69) is 0 Å². The predicted molar refractivity (Wildman–Crippen MR) is 68.1 cm³/mol. The van der Waals surface area contributed by atoms with Crippen LogP contribution in [0.25, 0.3) is 0 Å². The number of sulfone groups is 1. The van der Waals surface area contributed by atoms with Gasteiger partial charge in [-0.3, -0.25) is 0 Å². The van der Waals surface area contributed by atoms with Gasteiger partial charge in [0.1, 0.15) is 5.82 Å². The van der Waals surface area contributed by atoms with Gasteiger partial charge in [-0.1, -0.05) is 30.3 Å². The summed E-state index contributed by atoms with van der Waals surface area (Å²) in [7, 11) is -3.55. The van der Waals surface area contributed by atoms with Crippen LogP contribution in [-0.2, 0) is 15.6 Å². The van der Waals surface area contributed by atoms with E-state index in [9.17, 15) is 12.8 Å². The van der Waals surface area contributed by atoms with Crippen LogP contribution >= 0.6 is 0 Å². The third-order valence-corrected chi connectivity index (χ3v) is 4.26. The van der Waals surface area contributed by atoms with E-state index in [-0.39, 0.29) is 16.3 Å². The van der Waals surface area contributed by atoms with Gasteiger partial charge in [0.2, 0.25) is 0 Å². The van der Waals surface area contributed by atoms with Gasteiger partial charge >= 0.3 is 0 Å². The number of anilines is 1. The van der Waals surface area contributed by atoms with Crippen LogP contribution in [0.1, 0.15) is 5.56 Å². The molecule has 2 aromatic rings. The second-order valence-corrected chi connectivity index (χ2v) is 5.88. The molecule has 2 rings (SSSR count). The van der Waals surface area contributed by atoms with Gasteiger partial charge in [0, 0.05) is 0 Å². The first-order chi connectivity index (χ1) is 8.49. The van der Waals surface area contributed by atoms with Crippen LogP contribution in [0.15, 0.2) is 53.4 Å². The van der Waals surface area contributed by atoms with Crippen LogP contribution in [0, 0.1) is 5.82 Å². The Hall–Kier alpha value is -1.88. The number of hydrogen-bond donors (Lipinski definition) is 1. The van der Waals surface area contributed by atoms with E-state index in [4.69, 9.17) is 5.73 Å². The lowest BCUT2D eigenvalue weighted by molar-refractivity contribution is 0.594. The molecule has 0 bridgehead atoms. The zero-order valence-corrected chi connectivity index (χ0v) is 10.3. The molecule has 0 aliphatic heterocycles. The third-order valence-electron chi connectivity index (χ3n) is 2.51. The molecule has 0 aromatic heterocycles. The molecule has 0 unspecified atom stereocenters. The number of benzene rings is 2. The van der Waals surface area contributed by atoms with Gasteiger partial charge in [-0.05, 0) is 23.8 Å². The van der Waals surface area contributed by atoms with Crippen molar-refractivity contribution >= 4 is 15.5 Å². The number of rotatable bonds is 3. The Bertz CT molecular complexity index is 654. The molecule has 2 N–H and O–H groups in total. The highest BCUT2D eigenvalue weighted by atomic mass is 32.2. The fraction of sp³-hybridized carbons (Fsp3) is 0.0769. The highest BCUT2D eigenvalue weighted by molar-refractivity contribution is 7.90. The molecule has 18 heavy (non-hydrogen) atoms. The second-order valence-electron chi connectivity index (χ2n) is 3.93. The smallest absolute Gasteiger partial charge is 0.184 e. The van der Waals surface area contributed by atoms with Crippen molar-refractivity contribution in [3.63, 3.8) is 0 Å². The molecular formula is C13H12FNO2S. The van der Waals surface area contributed by atoms with Crippen LogP contribution in [0.2, 0.25) is 0 Å². The standard InChI is InChI=1S/C13H12FNO2S/c14-11-6-7-13(12(15)8-11)18(16,17)9-10-4-2-1-3-5-10/h1-8H,9,15H2. The van der Waals surface area contributed by atoms with Crippen molar-refractivity contribution in [1.29, 1.82) is 0 Å². The Kier molecular flexibility index (Phi) is 3.34. The van der Waals surface area contributed by atoms with Crippen molar-refractivity contribution in [3.05, 3.63) is 59.9 Å². The zero-order chi connectivity index (χ0) is 13.2. The lowest BCUT2D eigenvalue weighted by Crippen LogP contribution is -2.08. The predicted octanol–water partition coefficient (Wildman–Crippen LogP) is 2.38. The van der Waals surface area contributed by atoms with Gasteiger partial charge in [-0.15, -0.1) is 0 Å². The van der Waals surface area contributed by atoms with Crippen LogP contribution in [0.3, 0.4) is 0 Å². The molecule has 0 spiro atoms. The molecule has 0 amide bonds. The number of halogens is 1. The Morgan fingerprint density at radius 3 is 2.33 bits per heavy atom. The van der Waals surface area contributed by atoms with Crippen LogP contribution in [0.5, 0.6) is 0 Å². The normalized spacial score (nSPS) is 11.4. The van der Waals surface area contributed by atoms with E-state index in [1.807, 2.05) is 6.07 Å². The number of hydrogen-bond acceptors (Lipinski definition) is 3. The summed E-state index contributed by atoms with van der Waals surface area (Å²) in [6.07, 6.45) is 0. The summed E-state index contributed by atoms with van der Waals surface area (Å²) in [5, 5.41) is 0. The summed E-state index contributed by atoms with van der Waals surface area (Å²) in [4.78, 5) is -0.0345. The number of nitrogen functional groups attached to an aromatic ring is 1. The van der Waals surface area contributed by atoms with E-state index in [1.54, 1.807) is 24.3 Å². The maximum Gasteiger partial charge on any atom is 0.184 e. The quantitative estimate of drug-likeness (QED) is 0.684. The summed E-state index contributed by atoms with van der Waals surface area (Å²) < 4.78 is 37.2. The molecule has 0 fully saturated rings. The molecule has 3 nitrogen and oxygen atoms in total. The largest absolute Gasteiger partial charge is 0.398 e. The van der Waals surface area contributed by atoms with Gasteiger partial charge in [0.25, 0.3) is 0 Å². The first kappa shape index (κ1) is 12.6. The molecule has 0 aliphatic carbocycles. The summed E-state index contributed by atoms with van der Waals surface area (Å²) in [6.45, 7) is 0. The molecule has 0 saturated heterocycles. The fourth-order valence-electron chi connectivity index (χ4n) is 1.67. The van der Waals surface area contributed by atoms with Crippen LogP contribution in [-0.4, -0.2) is 8.42 Å². The fourth-order valence-corrected chi connectivity index (χ4v) is 3.15. The van der Waals surface area contributed by atoms with E-state index in [0.29, 0.717) is 5.56 Å². The van der Waals surface area contributed by atoms with Gasteiger partial charge in [-0.25, -0.2) is 12.8 Å². The van der Waals surface area contributed by atoms with Gasteiger partial charge in [-0.2, -0.15) is 0 Å². The van der Waals surface area contributed by atoms with E-state index >= 15 is 0 Å². The minimum atomic E-state index is -3.55. The minimum absolute atomic E-state index is 0.0345. The highest BCUT2D eigenvalue weighted by Crippen LogP contribution is 2.23. The lowest BCUT2D eigenvalue weighted by Gasteiger charge is -2.07. The SMILES string of the molecule is Nc1cc(F)ccc1S(=O)(=O)Cc1ccccc1. The van der Waals surface area contributed by atoms with Crippen molar-refractivity contribution in [2.75, 3.05) is 5.73 Å². The highest BCUT2D eigenvalue weighted by Gasteiger charge is 2.18. The van der Waals surface area contributed by atoms with E-state index in [0.717, 1.165) is 12.1 Å². The zero-order valence-electron chi connectivity index (χ0n) is 9.51. The van der Waals surface area contributed by atoms with E-state index in [1.165, 1.54) is 6.07 Å². The monoisotopic (exact) mass is 265 g/mol. The molecule has 0 aliphatic rings. The molecule has 0 radical (unpaired) electrons. The molecular weight excluding hydrogens is 253 g/mol. The average molecular weight is 265 g/mol. The van der Waals surface area contributed by atoms with Crippen molar-refractivity contribution in [2.45, 2.75) is 10.6 Å². The summed E-state index contributed by atoms with van der Waals surface area (Å²) >= 11 is 0. The van der Waals surface area contributed by atoms with Gasteiger partial charge in [0.15, 0.2) is 9.84 Å². The summed E-state index contributed by atoms with van der Waals surface area (Å²) in [5.74, 6) is -0.699.